The van der Waals surface area contributed by atoms with Crippen molar-refractivity contribution in [2.24, 2.45) is 66.6 Å². The van der Waals surface area contributed by atoms with E-state index in [0.717, 1.165) is 38.8 Å². The number of nitrogens with zero attached hydrogens (tertiary/aromatic N) is 4. The highest BCUT2D eigenvalue weighted by Gasteiger charge is 2.22. The fourth-order valence-electron chi connectivity index (χ4n) is 5.80. The normalized spacial score (nSPS) is 26.1. The predicted molar refractivity (Wildman–Crippen MR) is 151 cm³/mol. The zero-order chi connectivity index (χ0) is 25.6. The Morgan fingerprint density at radius 3 is 1.11 bits per heavy atom. The van der Waals surface area contributed by atoms with Crippen LogP contribution in [0.1, 0.15) is 89.9 Å². The van der Waals surface area contributed by atoms with Crippen molar-refractivity contribution in [2.45, 2.75) is 89.9 Å². The molecule has 0 saturated heterocycles. The summed E-state index contributed by atoms with van der Waals surface area (Å²) in [5.74, 6) is 3.67. The molecule has 10 N–H and O–H groups in total. The standard InChI is InChI=1S/C26H50N10/c27-23(31-15-19-8-3-1-4-9-19)35-25(29)33-17-21-12-7-13-22(14-21)18-34-26(30)36-24(28)32-16-20-10-5-2-6-11-20/h19-22H,1-18H2,(H5,27,29,31,33,35)(H5,28,30,32,34,36). The summed E-state index contributed by atoms with van der Waals surface area (Å²) >= 11 is 0. The van der Waals surface area contributed by atoms with E-state index in [1.807, 2.05) is 0 Å². The van der Waals surface area contributed by atoms with Gasteiger partial charge in [-0.25, -0.2) is 0 Å². The lowest BCUT2D eigenvalue weighted by molar-refractivity contribution is 0.278. The van der Waals surface area contributed by atoms with Crippen LogP contribution in [0, 0.1) is 23.7 Å². The first-order chi connectivity index (χ1) is 17.5. The number of hydrogen-bond donors (Lipinski definition) is 6. The summed E-state index contributed by atoms with van der Waals surface area (Å²) in [5.41, 5.74) is 24.1. The highest BCUT2D eigenvalue weighted by Crippen LogP contribution is 2.29. The molecule has 3 aliphatic rings. The molecule has 0 spiro atoms. The Labute approximate surface area is 217 Å². The van der Waals surface area contributed by atoms with Crippen LogP contribution in [-0.2, 0) is 0 Å². The number of nitrogens with one attached hydrogen (secondary N) is 2. The van der Waals surface area contributed by atoms with Crippen LogP contribution in [0.25, 0.3) is 0 Å². The summed E-state index contributed by atoms with van der Waals surface area (Å²) in [5, 5.41) is 5.89. The number of hydrogen-bond acceptors (Lipinski definition) is 4. The number of rotatable bonds is 8. The van der Waals surface area contributed by atoms with Crippen LogP contribution in [0.4, 0.5) is 0 Å². The molecule has 0 aromatic heterocycles. The van der Waals surface area contributed by atoms with Crippen molar-refractivity contribution in [3.05, 3.63) is 0 Å². The van der Waals surface area contributed by atoms with Gasteiger partial charge in [-0.15, -0.1) is 0 Å². The molecular weight excluding hydrogens is 452 g/mol. The quantitative estimate of drug-likeness (QED) is 0.219. The molecule has 3 rings (SSSR count). The zero-order valence-electron chi connectivity index (χ0n) is 22.1. The van der Waals surface area contributed by atoms with Crippen molar-refractivity contribution >= 4 is 23.8 Å². The maximum Gasteiger partial charge on any atom is 0.195 e. The third kappa shape index (κ3) is 11.0. The Hall–Kier alpha value is -2.52. The molecule has 0 bridgehead atoms. The fraction of sp³-hybridized carbons (Fsp3) is 0.846. The van der Waals surface area contributed by atoms with Crippen LogP contribution in [-0.4, -0.2) is 50.0 Å². The Morgan fingerprint density at radius 2 is 0.750 bits per heavy atom. The van der Waals surface area contributed by atoms with Gasteiger partial charge in [0.15, 0.2) is 23.8 Å². The van der Waals surface area contributed by atoms with E-state index in [4.69, 9.17) is 22.9 Å². The summed E-state index contributed by atoms with van der Waals surface area (Å²) in [4.78, 5) is 18.0. The Bertz CT molecular complexity index is 701. The van der Waals surface area contributed by atoms with Crippen molar-refractivity contribution in [3.8, 4) is 0 Å². The Kier molecular flexibility index (Phi) is 12.1. The van der Waals surface area contributed by atoms with Crippen LogP contribution < -0.4 is 33.6 Å². The van der Waals surface area contributed by atoms with Crippen LogP contribution in [0.15, 0.2) is 20.0 Å². The SMILES string of the molecule is NC(=NCC1CCCCC1)NC(N)=NCC1CCCC(CN=C(N)NC(N)=NCC2CCCCC2)C1. The molecule has 0 amide bonds. The molecule has 2 atom stereocenters. The summed E-state index contributed by atoms with van der Waals surface area (Å²) in [6.07, 6.45) is 17.4. The first kappa shape index (κ1) is 28.1. The summed E-state index contributed by atoms with van der Waals surface area (Å²) in [7, 11) is 0. The minimum atomic E-state index is 0.344. The van der Waals surface area contributed by atoms with Crippen LogP contribution >= 0.6 is 0 Å². The Balaban J connectivity index is 1.35. The second-order valence-electron chi connectivity index (χ2n) is 11.1. The van der Waals surface area contributed by atoms with E-state index in [1.54, 1.807) is 0 Å². The minimum absolute atomic E-state index is 0.344. The molecule has 3 aliphatic carbocycles. The molecule has 0 radical (unpaired) electrons. The van der Waals surface area contributed by atoms with Gasteiger partial charge in [-0.05, 0) is 68.6 Å². The Morgan fingerprint density at radius 1 is 0.444 bits per heavy atom. The zero-order valence-corrected chi connectivity index (χ0v) is 22.1. The van der Waals surface area contributed by atoms with Gasteiger partial charge in [0.25, 0.3) is 0 Å². The maximum atomic E-state index is 6.06. The molecule has 0 aliphatic heterocycles. The van der Waals surface area contributed by atoms with Gasteiger partial charge in [-0.2, -0.15) is 0 Å². The minimum Gasteiger partial charge on any atom is -0.370 e. The van der Waals surface area contributed by atoms with Crippen LogP contribution in [0.2, 0.25) is 0 Å². The number of guanidine groups is 4. The van der Waals surface area contributed by atoms with E-state index >= 15 is 0 Å². The van der Waals surface area contributed by atoms with E-state index in [2.05, 4.69) is 30.6 Å². The molecule has 0 heterocycles. The highest BCUT2D eigenvalue weighted by atomic mass is 15.2. The fourth-order valence-corrected chi connectivity index (χ4v) is 5.80. The monoisotopic (exact) mass is 502 g/mol. The van der Waals surface area contributed by atoms with Crippen molar-refractivity contribution in [1.29, 1.82) is 0 Å². The lowest BCUT2D eigenvalue weighted by Gasteiger charge is -2.27. The van der Waals surface area contributed by atoms with Crippen molar-refractivity contribution in [3.63, 3.8) is 0 Å². The van der Waals surface area contributed by atoms with Gasteiger partial charge in [0, 0.05) is 26.2 Å². The van der Waals surface area contributed by atoms with Gasteiger partial charge in [-0.1, -0.05) is 44.9 Å². The smallest absolute Gasteiger partial charge is 0.195 e. The first-order valence-electron chi connectivity index (χ1n) is 14.2. The summed E-state index contributed by atoms with van der Waals surface area (Å²) in [6, 6.07) is 0. The lowest BCUT2D eigenvalue weighted by Crippen LogP contribution is -2.42. The van der Waals surface area contributed by atoms with Crippen LogP contribution in [0.3, 0.4) is 0 Å². The van der Waals surface area contributed by atoms with E-state index in [9.17, 15) is 0 Å². The van der Waals surface area contributed by atoms with Gasteiger partial charge in [0.2, 0.25) is 0 Å². The summed E-state index contributed by atoms with van der Waals surface area (Å²) in [6.45, 7) is 2.91. The predicted octanol–water partition coefficient (Wildman–Crippen LogP) is 2.39. The maximum absolute atomic E-state index is 6.06. The second kappa shape index (κ2) is 15.6. The average Bonchev–Trinajstić information content (AvgIpc) is 2.90. The molecule has 36 heavy (non-hydrogen) atoms. The molecule has 10 heteroatoms. The van der Waals surface area contributed by atoms with Gasteiger partial charge in [-0.3, -0.25) is 30.6 Å². The molecule has 0 aromatic rings. The topological polar surface area (TPSA) is 178 Å². The molecule has 0 aromatic carbocycles. The van der Waals surface area contributed by atoms with Gasteiger partial charge in [0.05, 0.1) is 0 Å². The molecule has 3 fully saturated rings. The highest BCUT2D eigenvalue weighted by molar-refractivity contribution is 5.97. The molecule has 204 valence electrons. The van der Waals surface area contributed by atoms with Crippen molar-refractivity contribution in [1.82, 2.24) is 10.6 Å². The number of aliphatic imine (C=N–C) groups is 4. The molecular formula is C26H50N10. The average molecular weight is 503 g/mol. The third-order valence-electron chi connectivity index (χ3n) is 7.93. The van der Waals surface area contributed by atoms with Gasteiger partial charge < -0.3 is 22.9 Å². The lowest BCUT2D eigenvalue weighted by atomic mass is 9.81. The van der Waals surface area contributed by atoms with E-state index in [1.165, 1.54) is 64.2 Å². The van der Waals surface area contributed by atoms with E-state index < -0.39 is 0 Å². The molecule has 2 unspecified atom stereocenters. The largest absolute Gasteiger partial charge is 0.370 e. The van der Waals surface area contributed by atoms with Crippen molar-refractivity contribution < 1.29 is 0 Å². The van der Waals surface area contributed by atoms with E-state index in [-0.39, 0.29) is 0 Å². The second-order valence-corrected chi connectivity index (χ2v) is 11.1. The van der Waals surface area contributed by atoms with Crippen LogP contribution in [0.5, 0.6) is 0 Å². The first-order valence-corrected chi connectivity index (χ1v) is 14.2. The van der Waals surface area contributed by atoms with E-state index in [0.29, 0.717) is 60.6 Å². The number of nitrogens with two attached hydrogens (primary N) is 4. The summed E-state index contributed by atoms with van der Waals surface area (Å²) < 4.78 is 0. The van der Waals surface area contributed by atoms with Gasteiger partial charge >= 0.3 is 0 Å². The third-order valence-corrected chi connectivity index (χ3v) is 7.93. The van der Waals surface area contributed by atoms with Gasteiger partial charge in [0.1, 0.15) is 0 Å². The molecule has 3 saturated carbocycles. The van der Waals surface area contributed by atoms with Crippen molar-refractivity contribution in [2.75, 3.05) is 26.2 Å². The molecule has 10 nitrogen and oxygen atoms in total.